The second-order valence-corrected chi connectivity index (χ2v) is 9.31. The fourth-order valence-electron chi connectivity index (χ4n) is 3.69. The Balaban J connectivity index is 2.10. The number of anilines is 1. The molecule has 2 aromatic rings. The number of benzene rings is 2. The fourth-order valence-corrected chi connectivity index (χ4v) is 5.78. The number of pyridine rings is 1. The number of nitrogens with zero attached hydrogens (tertiary/aromatic N) is 3. The summed E-state index contributed by atoms with van der Waals surface area (Å²) in [5.41, 5.74) is 5.28. The number of fused-ring (bicyclic) bond motifs is 4. The van der Waals surface area contributed by atoms with E-state index < -0.39 is 0 Å². The summed E-state index contributed by atoms with van der Waals surface area (Å²) in [6.07, 6.45) is 1.08. The van der Waals surface area contributed by atoms with Crippen molar-refractivity contribution in [2.45, 2.75) is 34.1 Å². The molecule has 2 heterocycles. The van der Waals surface area contributed by atoms with Crippen LogP contribution in [0.4, 0.5) is 5.69 Å². The minimum absolute atomic E-state index is 0.935. The lowest BCUT2D eigenvalue weighted by atomic mass is 10.1. The molecular weight excluding hydrogens is 491 g/mol. The molecule has 1 N–H and O–H groups in total. The highest BCUT2D eigenvalue weighted by atomic mass is 127. The minimum atomic E-state index is 0.935. The van der Waals surface area contributed by atoms with Crippen LogP contribution in [0.15, 0.2) is 30.3 Å². The van der Waals surface area contributed by atoms with Crippen molar-refractivity contribution in [3.05, 3.63) is 45.0 Å². The maximum Gasteiger partial charge on any atom is 0.201 e. The standard InChI is InChI=1S/C23H25IN4S/c1-5-12-25-22-19(24)23-21(16-10-8-14(4)26-20(16)22)27-17-11-9-15(13-18(17)29-23)28(6-2)7-3/h8-11,13H,5-7,12H2,1-4H3/p+1. The summed E-state index contributed by atoms with van der Waals surface area (Å²) in [5.74, 6) is 0. The minimum Gasteiger partial charge on any atom is -0.382 e. The predicted molar refractivity (Wildman–Crippen MR) is 134 cm³/mol. The van der Waals surface area contributed by atoms with E-state index in [9.17, 15) is 0 Å². The second-order valence-electron chi connectivity index (χ2n) is 7.18. The Labute approximate surface area is 189 Å². The van der Waals surface area contributed by atoms with E-state index in [4.69, 9.17) is 9.97 Å². The molecule has 0 fully saturated rings. The zero-order chi connectivity index (χ0) is 20.5. The van der Waals surface area contributed by atoms with Crippen molar-refractivity contribution >= 4 is 60.7 Å². The molecule has 0 saturated heterocycles. The van der Waals surface area contributed by atoms with Gasteiger partial charge in [-0.05, 0) is 68.0 Å². The Kier molecular flexibility index (Phi) is 6.01. The van der Waals surface area contributed by atoms with E-state index in [1.54, 1.807) is 0 Å². The lowest BCUT2D eigenvalue weighted by Crippen LogP contribution is -2.29. The highest BCUT2D eigenvalue weighted by molar-refractivity contribution is 14.1. The normalized spacial score (nSPS) is 11.5. The molecule has 29 heavy (non-hydrogen) atoms. The number of hydrogen-bond acceptors (Lipinski definition) is 4. The Morgan fingerprint density at radius 3 is 2.55 bits per heavy atom. The van der Waals surface area contributed by atoms with Gasteiger partial charge in [-0.25, -0.2) is 9.56 Å². The van der Waals surface area contributed by atoms with E-state index >= 15 is 0 Å². The van der Waals surface area contributed by atoms with Gasteiger partial charge < -0.3 is 5.32 Å². The average Bonchev–Trinajstić information content (AvgIpc) is 2.73. The van der Waals surface area contributed by atoms with Crippen molar-refractivity contribution in [2.75, 3.05) is 25.0 Å². The molecule has 1 aromatic heterocycles. The topological polar surface area (TPSA) is 40.8 Å². The first-order valence-electron chi connectivity index (χ1n) is 10.2. The van der Waals surface area contributed by atoms with Crippen LogP contribution in [0.1, 0.15) is 32.9 Å². The molecule has 6 heteroatoms. The summed E-state index contributed by atoms with van der Waals surface area (Å²) in [4.78, 5) is 11.2. The average molecular weight is 517 g/mol. The van der Waals surface area contributed by atoms with E-state index in [2.05, 4.69) is 83.6 Å². The highest BCUT2D eigenvalue weighted by Crippen LogP contribution is 2.40. The Morgan fingerprint density at radius 2 is 1.83 bits per heavy atom. The summed E-state index contributed by atoms with van der Waals surface area (Å²) in [5, 5.41) is 6.00. The second kappa shape index (κ2) is 8.52. The predicted octanol–water partition coefficient (Wildman–Crippen LogP) is 5.50. The van der Waals surface area contributed by atoms with E-state index in [-0.39, 0.29) is 0 Å². The Bertz CT molecular complexity index is 1240. The molecule has 0 radical (unpaired) electrons. The van der Waals surface area contributed by atoms with Gasteiger partial charge in [0.25, 0.3) is 0 Å². The fraction of sp³-hybridized carbons (Fsp3) is 0.348. The van der Waals surface area contributed by atoms with Gasteiger partial charge in [0, 0.05) is 29.8 Å². The molecule has 0 amide bonds. The summed E-state index contributed by atoms with van der Waals surface area (Å²) >= 11 is 4.30. The van der Waals surface area contributed by atoms with Gasteiger partial charge in [0.1, 0.15) is 13.1 Å². The third kappa shape index (κ3) is 3.72. The molecule has 0 saturated carbocycles. The van der Waals surface area contributed by atoms with Crippen molar-refractivity contribution in [2.24, 2.45) is 0 Å². The molecule has 1 aliphatic carbocycles. The van der Waals surface area contributed by atoms with Gasteiger partial charge in [-0.3, -0.25) is 4.98 Å². The number of aryl methyl sites for hydroxylation is 1. The van der Waals surface area contributed by atoms with Crippen molar-refractivity contribution in [1.29, 1.82) is 0 Å². The van der Waals surface area contributed by atoms with E-state index in [1.807, 2.05) is 18.3 Å². The summed E-state index contributed by atoms with van der Waals surface area (Å²) < 4.78 is 4.82. The van der Waals surface area contributed by atoms with Crippen LogP contribution in [0.5, 0.6) is 0 Å². The van der Waals surface area contributed by atoms with Gasteiger partial charge in [0.15, 0.2) is 0 Å². The SMILES string of the molecule is CCCNc1c(I)c2sc3cc(=[N+](CC)CC)ccc-3nc2c2ccc(C)nc12. The zero-order valence-electron chi connectivity index (χ0n) is 17.3. The highest BCUT2D eigenvalue weighted by Gasteiger charge is 2.18. The van der Waals surface area contributed by atoms with E-state index in [0.717, 1.165) is 59.5 Å². The van der Waals surface area contributed by atoms with Crippen molar-refractivity contribution in [1.82, 2.24) is 14.5 Å². The first-order chi connectivity index (χ1) is 14.1. The van der Waals surface area contributed by atoms with Gasteiger partial charge in [-0.15, -0.1) is 11.3 Å². The molecule has 150 valence electrons. The van der Waals surface area contributed by atoms with Gasteiger partial charge in [-0.2, -0.15) is 0 Å². The monoisotopic (exact) mass is 517 g/mol. The first kappa shape index (κ1) is 20.5. The van der Waals surface area contributed by atoms with Crippen LogP contribution < -0.4 is 15.2 Å². The van der Waals surface area contributed by atoms with Crippen LogP contribution in [0.2, 0.25) is 0 Å². The zero-order valence-corrected chi connectivity index (χ0v) is 20.3. The van der Waals surface area contributed by atoms with Crippen LogP contribution in [0, 0.1) is 10.5 Å². The van der Waals surface area contributed by atoms with Crippen LogP contribution >= 0.6 is 33.9 Å². The molecule has 4 nitrogen and oxygen atoms in total. The molecule has 4 rings (SSSR count). The number of nitrogens with one attached hydrogen (secondary N) is 1. The summed E-state index contributed by atoms with van der Waals surface area (Å²) in [6.45, 7) is 11.6. The van der Waals surface area contributed by atoms with Crippen LogP contribution in [-0.2, 0) is 0 Å². The van der Waals surface area contributed by atoms with Crippen LogP contribution in [0.25, 0.3) is 31.7 Å². The van der Waals surface area contributed by atoms with Crippen LogP contribution in [0.3, 0.4) is 0 Å². The summed E-state index contributed by atoms with van der Waals surface area (Å²) in [6, 6.07) is 10.9. The van der Waals surface area contributed by atoms with Crippen LogP contribution in [-0.4, -0.2) is 29.6 Å². The third-order valence-electron chi connectivity index (χ3n) is 5.23. The smallest absolute Gasteiger partial charge is 0.201 e. The van der Waals surface area contributed by atoms with Gasteiger partial charge in [-0.1, -0.05) is 6.92 Å². The van der Waals surface area contributed by atoms with Crippen molar-refractivity contribution in [3.63, 3.8) is 0 Å². The van der Waals surface area contributed by atoms with Crippen molar-refractivity contribution < 1.29 is 0 Å². The van der Waals surface area contributed by atoms with Gasteiger partial charge in [0.05, 0.1) is 35.6 Å². The van der Waals surface area contributed by atoms with Gasteiger partial charge >= 0.3 is 0 Å². The largest absolute Gasteiger partial charge is 0.382 e. The van der Waals surface area contributed by atoms with E-state index in [0.29, 0.717) is 0 Å². The molecule has 1 aliphatic heterocycles. The molecule has 0 atom stereocenters. The molecular formula is C23H26IN4S+. The van der Waals surface area contributed by atoms with Gasteiger partial charge in [0.2, 0.25) is 5.36 Å². The molecule has 0 spiro atoms. The maximum atomic E-state index is 5.09. The first-order valence-corrected chi connectivity index (χ1v) is 12.1. The lowest BCUT2D eigenvalue weighted by molar-refractivity contribution is 0.626. The molecule has 1 aromatic carbocycles. The quantitative estimate of drug-likeness (QED) is 0.165. The molecule has 0 unspecified atom stereocenters. The maximum absolute atomic E-state index is 5.09. The number of rotatable bonds is 5. The third-order valence-corrected chi connectivity index (χ3v) is 7.82. The molecule has 0 bridgehead atoms. The number of hydrogen-bond donors (Lipinski definition) is 1. The Hall–Kier alpha value is -1.80. The number of halogens is 1. The Morgan fingerprint density at radius 1 is 1.03 bits per heavy atom. The number of aromatic nitrogens is 2. The van der Waals surface area contributed by atoms with Crippen molar-refractivity contribution in [3.8, 4) is 10.6 Å². The summed E-state index contributed by atoms with van der Waals surface area (Å²) in [7, 11) is 0. The van der Waals surface area contributed by atoms with E-state index in [1.165, 1.54) is 18.5 Å². The lowest BCUT2D eigenvalue weighted by Gasteiger charge is -2.16. The molecule has 2 aliphatic rings.